The first-order valence-electron chi connectivity index (χ1n) is 4.97. The second-order valence-electron chi connectivity index (χ2n) is 3.36. The van der Waals surface area contributed by atoms with Crippen LogP contribution in [-0.2, 0) is 0 Å². The molecule has 0 amide bonds. The number of amidine groups is 1. The van der Waals surface area contributed by atoms with Gasteiger partial charge in [0, 0.05) is 0 Å². The van der Waals surface area contributed by atoms with E-state index in [1.165, 1.54) is 18.2 Å². The number of nitro benzene ring substituents is 1. The van der Waals surface area contributed by atoms with E-state index in [9.17, 15) is 14.9 Å². The van der Waals surface area contributed by atoms with Gasteiger partial charge in [0.25, 0.3) is 0 Å². The minimum atomic E-state index is -1.48. The van der Waals surface area contributed by atoms with Gasteiger partial charge in [-0.1, -0.05) is 6.07 Å². The van der Waals surface area contributed by atoms with Crippen molar-refractivity contribution in [3.8, 4) is 6.07 Å². The number of benzene rings is 1. The summed E-state index contributed by atoms with van der Waals surface area (Å²) < 4.78 is 0. The van der Waals surface area contributed by atoms with Crippen molar-refractivity contribution in [2.45, 2.75) is 0 Å². The maximum Gasteiger partial charge on any atom is 0.342 e. The number of anilines is 1. The second-order valence-corrected chi connectivity index (χ2v) is 3.36. The Morgan fingerprint density at radius 2 is 2.25 bits per heavy atom. The van der Waals surface area contributed by atoms with Crippen molar-refractivity contribution in [2.24, 2.45) is 10.8 Å². The van der Waals surface area contributed by atoms with Crippen molar-refractivity contribution < 1.29 is 14.8 Å². The summed E-state index contributed by atoms with van der Waals surface area (Å²) in [4.78, 5) is 20.9. The third kappa shape index (κ3) is 3.05. The number of nitriles is 1. The van der Waals surface area contributed by atoms with Crippen molar-refractivity contribution in [3.63, 3.8) is 0 Å². The molecule has 10 heteroatoms. The fourth-order valence-corrected chi connectivity index (χ4v) is 1.26. The Hall–Kier alpha value is -3.48. The van der Waals surface area contributed by atoms with Crippen LogP contribution in [0.1, 0.15) is 10.4 Å². The monoisotopic (exact) mass is 276 g/mol. The van der Waals surface area contributed by atoms with Gasteiger partial charge < -0.3 is 10.8 Å². The lowest BCUT2D eigenvalue weighted by Gasteiger charge is -2.04. The van der Waals surface area contributed by atoms with Crippen LogP contribution in [0, 0.1) is 26.9 Å². The van der Waals surface area contributed by atoms with E-state index in [0.29, 0.717) is 0 Å². The zero-order chi connectivity index (χ0) is 15.3. The molecule has 10 nitrogen and oxygen atoms in total. The van der Waals surface area contributed by atoms with Crippen LogP contribution in [0.15, 0.2) is 23.3 Å². The van der Waals surface area contributed by atoms with E-state index in [0.717, 1.165) is 6.07 Å². The molecule has 5 N–H and O–H groups in total. The minimum absolute atomic E-state index is 0.232. The van der Waals surface area contributed by atoms with Crippen LogP contribution in [0.25, 0.3) is 0 Å². The van der Waals surface area contributed by atoms with Crippen LogP contribution < -0.4 is 11.2 Å². The molecule has 0 saturated carbocycles. The van der Waals surface area contributed by atoms with Crippen LogP contribution >= 0.6 is 0 Å². The maximum absolute atomic E-state index is 10.9. The van der Waals surface area contributed by atoms with Crippen LogP contribution in [0.4, 0.5) is 11.4 Å². The van der Waals surface area contributed by atoms with Gasteiger partial charge in [-0.3, -0.25) is 20.9 Å². The lowest BCUT2D eigenvalue weighted by Crippen LogP contribution is -2.22. The molecule has 0 atom stereocenters. The fourth-order valence-electron chi connectivity index (χ4n) is 1.26. The summed E-state index contributed by atoms with van der Waals surface area (Å²) in [5.41, 5.74) is 5.26. The number of carbonyl (C=O) groups is 1. The SMILES string of the molecule is N#C/C(=N\Nc1cccc(C(=O)O)c1[N+](=O)[O-])C(=N)N. The van der Waals surface area contributed by atoms with E-state index in [-0.39, 0.29) is 5.69 Å². The molecule has 0 unspecified atom stereocenters. The van der Waals surface area contributed by atoms with E-state index >= 15 is 0 Å². The van der Waals surface area contributed by atoms with Crippen molar-refractivity contribution in [1.82, 2.24) is 0 Å². The molecule has 0 bridgehead atoms. The number of aromatic carboxylic acids is 1. The normalized spacial score (nSPS) is 10.4. The molecule has 1 aromatic rings. The summed E-state index contributed by atoms with van der Waals surface area (Å²) >= 11 is 0. The van der Waals surface area contributed by atoms with Crippen molar-refractivity contribution in [2.75, 3.05) is 5.43 Å². The molecule has 1 aromatic carbocycles. The predicted molar refractivity (Wildman–Crippen MR) is 68.6 cm³/mol. The van der Waals surface area contributed by atoms with Gasteiger partial charge in [0.05, 0.1) is 4.92 Å². The molecule has 0 aromatic heterocycles. The van der Waals surface area contributed by atoms with E-state index in [4.69, 9.17) is 21.5 Å². The van der Waals surface area contributed by atoms with E-state index < -0.39 is 33.7 Å². The number of para-hydroxylation sites is 1. The average molecular weight is 276 g/mol. The zero-order valence-electron chi connectivity index (χ0n) is 9.82. The third-order valence-electron chi connectivity index (χ3n) is 2.10. The first kappa shape index (κ1) is 14.6. The topological polar surface area (TPSA) is 178 Å². The summed E-state index contributed by atoms with van der Waals surface area (Å²) in [7, 11) is 0. The highest BCUT2D eigenvalue weighted by molar-refractivity contribution is 6.45. The van der Waals surface area contributed by atoms with Gasteiger partial charge in [-0.05, 0) is 12.1 Å². The Balaban J connectivity index is 3.30. The predicted octanol–water partition coefficient (Wildman–Crippen LogP) is 0.520. The van der Waals surface area contributed by atoms with Gasteiger partial charge >= 0.3 is 11.7 Å². The molecular formula is C10H8N6O4. The van der Waals surface area contributed by atoms with Crippen LogP contribution in [0.5, 0.6) is 0 Å². The van der Waals surface area contributed by atoms with Crippen LogP contribution in [0.3, 0.4) is 0 Å². The molecule has 0 heterocycles. The number of nitrogens with one attached hydrogen (secondary N) is 2. The van der Waals surface area contributed by atoms with E-state index in [1.54, 1.807) is 0 Å². The minimum Gasteiger partial charge on any atom is -0.477 e. The molecule has 0 radical (unpaired) electrons. The number of hydrogen-bond acceptors (Lipinski definition) is 7. The van der Waals surface area contributed by atoms with Crippen molar-refractivity contribution in [3.05, 3.63) is 33.9 Å². The highest BCUT2D eigenvalue weighted by Crippen LogP contribution is 2.28. The first-order chi connectivity index (χ1) is 9.38. The van der Waals surface area contributed by atoms with Crippen LogP contribution in [-0.4, -0.2) is 27.5 Å². The van der Waals surface area contributed by atoms with E-state index in [2.05, 4.69) is 10.5 Å². The molecule has 1 rings (SSSR count). The highest BCUT2D eigenvalue weighted by Gasteiger charge is 2.24. The Morgan fingerprint density at radius 3 is 2.70 bits per heavy atom. The van der Waals surface area contributed by atoms with Crippen molar-refractivity contribution in [1.29, 1.82) is 10.7 Å². The van der Waals surface area contributed by atoms with Gasteiger partial charge in [0.1, 0.15) is 17.3 Å². The Morgan fingerprint density at radius 1 is 1.60 bits per heavy atom. The van der Waals surface area contributed by atoms with Gasteiger partial charge in [0.15, 0.2) is 5.84 Å². The summed E-state index contributed by atoms with van der Waals surface area (Å²) in [5, 5.41) is 38.9. The number of nitrogens with two attached hydrogens (primary N) is 1. The number of hydrazone groups is 1. The summed E-state index contributed by atoms with van der Waals surface area (Å²) in [6.07, 6.45) is 0. The zero-order valence-corrected chi connectivity index (χ0v) is 9.82. The Bertz CT molecular complexity index is 660. The molecule has 0 saturated heterocycles. The van der Waals surface area contributed by atoms with Crippen LogP contribution in [0.2, 0.25) is 0 Å². The molecule has 20 heavy (non-hydrogen) atoms. The smallest absolute Gasteiger partial charge is 0.342 e. The lowest BCUT2D eigenvalue weighted by molar-refractivity contribution is -0.384. The second kappa shape index (κ2) is 5.91. The number of carboxylic acid groups (broad SMARTS) is 1. The number of nitro groups is 1. The Kier molecular flexibility index (Phi) is 4.31. The number of nitrogens with zero attached hydrogens (tertiary/aromatic N) is 3. The molecule has 0 aliphatic heterocycles. The Labute approximate surface area is 111 Å². The first-order valence-corrected chi connectivity index (χ1v) is 4.97. The van der Waals surface area contributed by atoms with Gasteiger partial charge in [-0.15, -0.1) is 0 Å². The fraction of sp³-hybridized carbons (Fsp3) is 0. The standard InChI is InChI=1S/C10H8N6O4/c11-4-7(9(12)13)15-14-6-3-1-2-5(10(17)18)8(6)16(19)20/h1-3,14H,(H3,12,13)(H,17,18)/b15-7+. The molecule has 0 aliphatic carbocycles. The largest absolute Gasteiger partial charge is 0.477 e. The third-order valence-corrected chi connectivity index (χ3v) is 2.10. The summed E-state index contributed by atoms with van der Waals surface area (Å²) in [6.45, 7) is 0. The van der Waals surface area contributed by atoms with Gasteiger partial charge in [-0.2, -0.15) is 10.4 Å². The molecule has 0 fully saturated rings. The number of hydrogen-bond donors (Lipinski definition) is 4. The average Bonchev–Trinajstić information content (AvgIpc) is 2.38. The quantitative estimate of drug-likeness (QED) is 0.262. The summed E-state index contributed by atoms with van der Waals surface area (Å²) in [5.74, 6) is -2.10. The van der Waals surface area contributed by atoms with Gasteiger partial charge in [-0.25, -0.2) is 4.79 Å². The van der Waals surface area contributed by atoms with Gasteiger partial charge in [0.2, 0.25) is 5.71 Å². The van der Waals surface area contributed by atoms with E-state index in [1.807, 2.05) is 0 Å². The maximum atomic E-state index is 10.9. The molecule has 0 spiro atoms. The lowest BCUT2D eigenvalue weighted by atomic mass is 10.1. The highest BCUT2D eigenvalue weighted by atomic mass is 16.6. The molecular weight excluding hydrogens is 268 g/mol. The number of carboxylic acids is 1. The number of rotatable bonds is 5. The molecule has 0 aliphatic rings. The molecule has 102 valence electrons. The summed E-state index contributed by atoms with van der Waals surface area (Å²) in [6, 6.07) is 5.05. The van der Waals surface area contributed by atoms with Crippen molar-refractivity contribution >= 4 is 28.9 Å².